The van der Waals surface area contributed by atoms with Crippen LogP contribution < -0.4 is 5.32 Å². The van der Waals surface area contributed by atoms with Crippen LogP contribution in [-0.4, -0.2) is 30.9 Å². The van der Waals surface area contributed by atoms with E-state index in [9.17, 15) is 4.79 Å². The molecule has 3 rings (SSSR count). The lowest BCUT2D eigenvalue weighted by molar-refractivity contribution is -0.133. The summed E-state index contributed by atoms with van der Waals surface area (Å²) in [7, 11) is 1.96. The molecule has 0 spiro atoms. The van der Waals surface area contributed by atoms with Crippen LogP contribution in [0.25, 0.3) is 0 Å². The van der Waals surface area contributed by atoms with E-state index in [1.165, 1.54) is 11.1 Å². The first-order valence-corrected chi connectivity index (χ1v) is 6.80. The molecule has 1 unspecified atom stereocenters. The molecule has 2 aliphatic rings. The molecule has 0 saturated carbocycles. The van der Waals surface area contributed by atoms with Crippen molar-refractivity contribution in [3.05, 3.63) is 35.4 Å². The van der Waals surface area contributed by atoms with E-state index < -0.39 is 0 Å². The molecule has 1 aliphatic heterocycles. The summed E-state index contributed by atoms with van der Waals surface area (Å²) in [4.78, 5) is 14.2. The third-order valence-electron chi connectivity index (χ3n) is 4.29. The fourth-order valence-corrected chi connectivity index (χ4v) is 2.99. The van der Waals surface area contributed by atoms with Crippen molar-refractivity contribution in [3.8, 4) is 0 Å². The average Bonchev–Trinajstić information content (AvgIpc) is 2.76. The number of hydrogen-bond acceptors (Lipinski definition) is 2. The highest BCUT2D eigenvalue weighted by atomic mass is 16.2. The Morgan fingerprint density at radius 1 is 1.39 bits per heavy atom. The standard InChI is InChI=1S/C15H20N2O/c1-17(15(18)8-11-9-16-10-11)14-7-6-12-4-2-3-5-13(12)14/h2-5,11,14,16H,6-10H2,1H3. The summed E-state index contributed by atoms with van der Waals surface area (Å²) in [5.74, 6) is 0.847. The highest BCUT2D eigenvalue weighted by Crippen LogP contribution is 2.35. The van der Waals surface area contributed by atoms with E-state index in [1.54, 1.807) is 0 Å². The largest absolute Gasteiger partial charge is 0.339 e. The van der Waals surface area contributed by atoms with Gasteiger partial charge in [-0.25, -0.2) is 0 Å². The van der Waals surface area contributed by atoms with E-state index >= 15 is 0 Å². The molecule has 1 saturated heterocycles. The van der Waals surface area contributed by atoms with Crippen molar-refractivity contribution in [1.29, 1.82) is 0 Å². The molecule has 1 atom stereocenters. The normalized spacial score (nSPS) is 22.4. The van der Waals surface area contributed by atoms with Gasteiger partial charge in [-0.3, -0.25) is 4.79 Å². The number of rotatable bonds is 3. The zero-order valence-corrected chi connectivity index (χ0v) is 10.9. The molecular formula is C15H20N2O. The van der Waals surface area contributed by atoms with Crippen molar-refractivity contribution >= 4 is 5.91 Å². The monoisotopic (exact) mass is 244 g/mol. The summed E-state index contributed by atoms with van der Waals surface area (Å²) in [6.07, 6.45) is 2.87. The Labute approximate surface area is 108 Å². The van der Waals surface area contributed by atoms with Crippen LogP contribution in [0.2, 0.25) is 0 Å². The van der Waals surface area contributed by atoms with Gasteiger partial charge in [0.25, 0.3) is 0 Å². The van der Waals surface area contributed by atoms with E-state index in [2.05, 4.69) is 29.6 Å². The zero-order valence-electron chi connectivity index (χ0n) is 10.9. The molecule has 1 fully saturated rings. The molecule has 3 nitrogen and oxygen atoms in total. The smallest absolute Gasteiger partial charge is 0.223 e. The summed E-state index contributed by atoms with van der Waals surface area (Å²) in [6.45, 7) is 2.00. The first-order valence-electron chi connectivity index (χ1n) is 6.80. The quantitative estimate of drug-likeness (QED) is 0.878. The lowest BCUT2D eigenvalue weighted by atomic mass is 9.98. The van der Waals surface area contributed by atoms with Gasteiger partial charge in [0.1, 0.15) is 0 Å². The third kappa shape index (κ3) is 2.03. The van der Waals surface area contributed by atoms with Gasteiger partial charge in [-0.1, -0.05) is 24.3 Å². The molecule has 1 N–H and O–H groups in total. The Bertz CT molecular complexity index is 454. The Morgan fingerprint density at radius 2 is 2.17 bits per heavy atom. The number of amides is 1. The number of carbonyl (C=O) groups excluding carboxylic acids is 1. The highest BCUT2D eigenvalue weighted by molar-refractivity contribution is 5.77. The van der Waals surface area contributed by atoms with E-state index in [0.717, 1.165) is 25.9 Å². The fraction of sp³-hybridized carbons (Fsp3) is 0.533. The molecule has 1 amide bonds. The maximum Gasteiger partial charge on any atom is 0.223 e. The van der Waals surface area contributed by atoms with E-state index in [0.29, 0.717) is 24.3 Å². The molecule has 96 valence electrons. The Kier molecular flexibility index (Phi) is 3.08. The van der Waals surface area contributed by atoms with E-state index in [4.69, 9.17) is 0 Å². The molecule has 0 aromatic heterocycles. The van der Waals surface area contributed by atoms with Crippen molar-refractivity contribution in [2.45, 2.75) is 25.3 Å². The lowest BCUT2D eigenvalue weighted by Gasteiger charge is -2.31. The SMILES string of the molecule is CN(C(=O)CC1CNC1)C1CCc2ccccc21. The van der Waals surface area contributed by atoms with Crippen LogP contribution in [0.5, 0.6) is 0 Å². The molecule has 0 bridgehead atoms. The van der Waals surface area contributed by atoms with Crippen LogP contribution in [0.4, 0.5) is 0 Å². The summed E-state index contributed by atoms with van der Waals surface area (Å²) in [6, 6.07) is 8.81. The highest BCUT2D eigenvalue weighted by Gasteiger charge is 2.30. The van der Waals surface area contributed by atoms with Gasteiger partial charge in [0.05, 0.1) is 6.04 Å². The molecule has 1 aromatic carbocycles. The van der Waals surface area contributed by atoms with Crippen molar-refractivity contribution in [1.82, 2.24) is 10.2 Å². The fourth-order valence-electron chi connectivity index (χ4n) is 2.99. The number of nitrogens with one attached hydrogen (secondary N) is 1. The number of nitrogens with zero attached hydrogens (tertiary/aromatic N) is 1. The van der Waals surface area contributed by atoms with Crippen LogP contribution in [0.1, 0.15) is 30.0 Å². The van der Waals surface area contributed by atoms with E-state index in [1.807, 2.05) is 11.9 Å². The Balaban J connectivity index is 1.69. The number of fused-ring (bicyclic) bond motifs is 1. The molecule has 1 aromatic rings. The van der Waals surface area contributed by atoms with Gasteiger partial charge in [0, 0.05) is 13.5 Å². The van der Waals surface area contributed by atoms with Gasteiger partial charge < -0.3 is 10.2 Å². The second kappa shape index (κ2) is 4.73. The van der Waals surface area contributed by atoms with Crippen LogP contribution in [0.15, 0.2) is 24.3 Å². The number of carbonyl (C=O) groups is 1. The second-order valence-corrected chi connectivity index (χ2v) is 5.49. The van der Waals surface area contributed by atoms with Crippen LogP contribution >= 0.6 is 0 Å². The molecule has 18 heavy (non-hydrogen) atoms. The van der Waals surface area contributed by atoms with Crippen LogP contribution in [0.3, 0.4) is 0 Å². The van der Waals surface area contributed by atoms with Gasteiger partial charge in [-0.2, -0.15) is 0 Å². The Hall–Kier alpha value is -1.35. The number of hydrogen-bond donors (Lipinski definition) is 1. The summed E-state index contributed by atoms with van der Waals surface area (Å²) >= 11 is 0. The number of benzene rings is 1. The molecule has 3 heteroatoms. The lowest BCUT2D eigenvalue weighted by Crippen LogP contribution is -2.45. The minimum absolute atomic E-state index is 0.293. The maximum atomic E-state index is 12.2. The van der Waals surface area contributed by atoms with Crippen molar-refractivity contribution in [3.63, 3.8) is 0 Å². The Morgan fingerprint density at radius 3 is 2.89 bits per heavy atom. The van der Waals surface area contributed by atoms with Gasteiger partial charge >= 0.3 is 0 Å². The predicted molar refractivity (Wildman–Crippen MR) is 71.3 cm³/mol. The molecular weight excluding hydrogens is 224 g/mol. The van der Waals surface area contributed by atoms with Gasteiger partial charge in [0.2, 0.25) is 5.91 Å². The number of aryl methyl sites for hydroxylation is 1. The molecule has 1 heterocycles. The minimum atomic E-state index is 0.293. The third-order valence-corrected chi connectivity index (χ3v) is 4.29. The van der Waals surface area contributed by atoms with Gasteiger partial charge in [0.15, 0.2) is 0 Å². The van der Waals surface area contributed by atoms with Crippen molar-refractivity contribution in [2.75, 3.05) is 20.1 Å². The summed E-state index contributed by atoms with van der Waals surface area (Å²) in [5.41, 5.74) is 2.76. The van der Waals surface area contributed by atoms with E-state index in [-0.39, 0.29) is 0 Å². The predicted octanol–water partition coefficient (Wildman–Crippen LogP) is 1.74. The topological polar surface area (TPSA) is 32.3 Å². The average molecular weight is 244 g/mol. The van der Waals surface area contributed by atoms with Gasteiger partial charge in [-0.05, 0) is 43.0 Å². The van der Waals surface area contributed by atoms with Gasteiger partial charge in [-0.15, -0.1) is 0 Å². The zero-order chi connectivity index (χ0) is 12.5. The first-order chi connectivity index (χ1) is 8.75. The molecule has 0 radical (unpaired) electrons. The summed E-state index contributed by atoms with van der Waals surface area (Å²) < 4.78 is 0. The maximum absolute atomic E-state index is 12.2. The van der Waals surface area contributed by atoms with Crippen LogP contribution in [0, 0.1) is 5.92 Å². The molecule has 1 aliphatic carbocycles. The van der Waals surface area contributed by atoms with Crippen molar-refractivity contribution < 1.29 is 4.79 Å². The second-order valence-electron chi connectivity index (χ2n) is 5.49. The summed E-state index contributed by atoms with van der Waals surface area (Å²) in [5, 5.41) is 3.22. The first kappa shape index (κ1) is 11.7. The van der Waals surface area contributed by atoms with Crippen LogP contribution in [-0.2, 0) is 11.2 Å². The van der Waals surface area contributed by atoms with Crippen molar-refractivity contribution in [2.24, 2.45) is 5.92 Å². The minimum Gasteiger partial charge on any atom is -0.339 e.